The van der Waals surface area contributed by atoms with Gasteiger partial charge in [0.2, 0.25) is 0 Å². The molecule has 0 unspecified atom stereocenters. The Morgan fingerprint density at radius 2 is 1.39 bits per heavy atom. The Morgan fingerprint density at radius 1 is 0.893 bits per heavy atom. The third-order valence-electron chi connectivity index (χ3n) is 3.24. The molecule has 0 spiro atoms. The number of nitrogens with one attached hydrogen (secondary N) is 2. The molecule has 0 aromatic heterocycles. The molecule has 0 aliphatic rings. The van der Waals surface area contributed by atoms with Crippen molar-refractivity contribution in [1.82, 2.24) is 5.43 Å². The summed E-state index contributed by atoms with van der Waals surface area (Å²) in [5.41, 5.74) is 6.62. The molecule has 28 heavy (non-hydrogen) atoms. The molecule has 0 saturated heterocycles. The molecule has 0 aliphatic carbocycles. The van der Waals surface area contributed by atoms with E-state index in [4.69, 9.17) is 21.3 Å². The van der Waals surface area contributed by atoms with Gasteiger partial charge in [0.05, 0.1) is 22.0 Å². The molecule has 150 valence electrons. The number of hydrogen-bond acceptors (Lipinski definition) is 9. The topological polar surface area (TPSA) is 158 Å². The fraction of sp³-hybridized carbons (Fsp3) is 0.133. The summed E-state index contributed by atoms with van der Waals surface area (Å²) in [5, 5.41) is 7.81. The van der Waals surface area contributed by atoms with Gasteiger partial charge in [0.25, 0.3) is 20.2 Å². The van der Waals surface area contributed by atoms with Crippen LogP contribution in [-0.2, 0) is 20.2 Å². The monoisotopic (exact) mass is 444 g/mol. The van der Waals surface area contributed by atoms with Gasteiger partial charge in [0, 0.05) is 17.1 Å². The van der Waals surface area contributed by atoms with E-state index < -0.39 is 20.2 Å². The second-order valence-electron chi connectivity index (χ2n) is 5.39. The quantitative estimate of drug-likeness (QED) is 0.197. The number of azo groups is 1. The summed E-state index contributed by atoms with van der Waals surface area (Å²) >= 11 is 5.14. The molecule has 0 saturated carbocycles. The number of anilines is 1. The average Bonchev–Trinajstić information content (AvgIpc) is 2.61. The minimum Gasteiger partial charge on any atom is -0.321 e. The molecule has 10 nitrogen and oxygen atoms in total. The van der Waals surface area contributed by atoms with Gasteiger partial charge in [-0.05, 0) is 48.5 Å². The number of nitrogens with zero attached hydrogens (tertiary/aromatic N) is 2. The molecule has 0 amide bonds. The number of hydrazine groups is 1. The van der Waals surface area contributed by atoms with Crippen LogP contribution in [0.5, 0.6) is 0 Å². The van der Waals surface area contributed by atoms with Gasteiger partial charge in [-0.2, -0.15) is 27.1 Å². The molecular weight excluding hydrogens is 428 g/mol. The number of benzene rings is 2. The third kappa shape index (κ3) is 7.03. The first kappa shape index (κ1) is 22.0. The minimum absolute atomic E-state index is 0.145. The van der Waals surface area contributed by atoms with Gasteiger partial charge in [-0.1, -0.05) is 12.2 Å². The summed E-state index contributed by atoms with van der Waals surface area (Å²) in [5.74, 6) is 0. The van der Waals surface area contributed by atoms with E-state index in [1.807, 2.05) is 0 Å². The molecule has 0 heterocycles. The van der Waals surface area contributed by atoms with Crippen LogP contribution in [0.1, 0.15) is 0 Å². The van der Waals surface area contributed by atoms with Gasteiger partial charge in [0.1, 0.15) is 0 Å². The van der Waals surface area contributed by atoms with E-state index in [0.29, 0.717) is 16.2 Å². The van der Waals surface area contributed by atoms with Crippen LogP contribution < -0.4 is 10.9 Å². The molecule has 2 rings (SSSR count). The lowest BCUT2D eigenvalue weighted by atomic mass is 10.3. The van der Waals surface area contributed by atoms with Crippen molar-refractivity contribution in [1.29, 1.82) is 0 Å². The second kappa shape index (κ2) is 9.27. The van der Waals surface area contributed by atoms with Crippen molar-refractivity contribution in [2.75, 3.05) is 18.5 Å². The van der Waals surface area contributed by atoms with Crippen LogP contribution in [0.3, 0.4) is 0 Å². The Kier molecular flexibility index (Phi) is 7.29. The van der Waals surface area contributed by atoms with Gasteiger partial charge in [-0.3, -0.25) is 9.11 Å². The molecule has 0 fully saturated rings. The van der Waals surface area contributed by atoms with Crippen molar-refractivity contribution in [2.24, 2.45) is 10.2 Å². The van der Waals surface area contributed by atoms with Crippen LogP contribution in [0, 0.1) is 0 Å². The Morgan fingerprint density at radius 3 is 1.89 bits per heavy atom. The van der Waals surface area contributed by atoms with Gasteiger partial charge in [0.15, 0.2) is 0 Å². The first-order valence-corrected chi connectivity index (χ1v) is 10.9. The Balaban J connectivity index is 1.77. The standard InChI is InChI=1S/C15H16N4O6S3/c20-27(21,22)14-5-1-11(2-6-14)18-16-9-13(26)10-17-19-12-3-7-15(8-4-12)28(23,24)25/h1-8,16,18H,9-10H2,(H,20,21,22)(H,23,24,25). The van der Waals surface area contributed by atoms with Crippen LogP contribution >= 0.6 is 12.2 Å². The minimum atomic E-state index is -4.25. The number of thiocarbonyl (C=S) groups is 1. The molecule has 0 bridgehead atoms. The fourth-order valence-electron chi connectivity index (χ4n) is 1.89. The highest BCUT2D eigenvalue weighted by molar-refractivity contribution is 7.86. The molecule has 2 aromatic rings. The molecule has 2 aromatic carbocycles. The van der Waals surface area contributed by atoms with Crippen molar-refractivity contribution >= 4 is 48.7 Å². The van der Waals surface area contributed by atoms with E-state index in [0.717, 1.165) is 0 Å². The SMILES string of the molecule is O=S(=O)(O)c1ccc(N=NCC(=S)CNNc2ccc(S(=O)(=O)O)cc2)cc1. The third-order valence-corrected chi connectivity index (χ3v) is 5.25. The van der Waals surface area contributed by atoms with Gasteiger partial charge in [-0.25, -0.2) is 5.43 Å². The van der Waals surface area contributed by atoms with Crippen LogP contribution in [0.2, 0.25) is 0 Å². The Bertz CT molecular complexity index is 1070. The van der Waals surface area contributed by atoms with E-state index in [9.17, 15) is 16.8 Å². The van der Waals surface area contributed by atoms with Gasteiger partial charge < -0.3 is 5.43 Å². The highest BCUT2D eigenvalue weighted by Gasteiger charge is 2.09. The van der Waals surface area contributed by atoms with Crippen molar-refractivity contribution in [2.45, 2.75) is 9.79 Å². The lowest BCUT2D eigenvalue weighted by molar-refractivity contribution is 0.481. The fourth-order valence-corrected chi connectivity index (χ4v) is 2.98. The predicted octanol–water partition coefficient (Wildman–Crippen LogP) is 2.25. The van der Waals surface area contributed by atoms with Crippen molar-refractivity contribution in [3.8, 4) is 0 Å². The molecule has 0 atom stereocenters. The maximum absolute atomic E-state index is 11.0. The van der Waals surface area contributed by atoms with Crippen LogP contribution in [-0.4, -0.2) is 43.9 Å². The number of rotatable bonds is 9. The van der Waals surface area contributed by atoms with Gasteiger partial charge in [-0.15, -0.1) is 0 Å². The van der Waals surface area contributed by atoms with E-state index in [-0.39, 0.29) is 22.9 Å². The molecule has 0 radical (unpaired) electrons. The van der Waals surface area contributed by atoms with Crippen LogP contribution in [0.15, 0.2) is 68.6 Å². The zero-order chi connectivity index (χ0) is 20.8. The van der Waals surface area contributed by atoms with Crippen LogP contribution in [0.25, 0.3) is 0 Å². The van der Waals surface area contributed by atoms with E-state index in [2.05, 4.69) is 21.1 Å². The normalized spacial score (nSPS) is 12.2. The average molecular weight is 445 g/mol. The highest BCUT2D eigenvalue weighted by atomic mass is 32.2. The van der Waals surface area contributed by atoms with E-state index in [1.165, 1.54) is 48.5 Å². The lowest BCUT2D eigenvalue weighted by Crippen LogP contribution is -2.28. The molecular formula is C15H16N4O6S3. The Hall–Kier alpha value is -2.29. The Labute approximate surface area is 167 Å². The maximum atomic E-state index is 11.0. The largest absolute Gasteiger partial charge is 0.321 e. The summed E-state index contributed by atoms with van der Waals surface area (Å²) in [4.78, 5) is 0.0841. The summed E-state index contributed by atoms with van der Waals surface area (Å²) in [7, 11) is -8.48. The maximum Gasteiger partial charge on any atom is 0.294 e. The zero-order valence-electron chi connectivity index (χ0n) is 14.2. The molecule has 4 N–H and O–H groups in total. The summed E-state index contributed by atoms with van der Waals surface area (Å²) in [6.45, 7) is 0.419. The first-order chi connectivity index (χ1) is 13.1. The summed E-state index contributed by atoms with van der Waals surface area (Å²) < 4.78 is 61.6. The van der Waals surface area contributed by atoms with Crippen molar-refractivity contribution in [3.63, 3.8) is 0 Å². The second-order valence-corrected chi connectivity index (χ2v) is 8.81. The predicted molar refractivity (Wildman–Crippen MR) is 106 cm³/mol. The molecule has 0 aliphatic heterocycles. The van der Waals surface area contributed by atoms with Crippen molar-refractivity contribution in [3.05, 3.63) is 48.5 Å². The van der Waals surface area contributed by atoms with Gasteiger partial charge >= 0.3 is 0 Å². The smallest absolute Gasteiger partial charge is 0.294 e. The summed E-state index contributed by atoms with van der Waals surface area (Å²) in [6.07, 6.45) is 0. The molecule has 13 heteroatoms. The highest BCUT2D eigenvalue weighted by Crippen LogP contribution is 2.16. The van der Waals surface area contributed by atoms with E-state index >= 15 is 0 Å². The zero-order valence-corrected chi connectivity index (χ0v) is 16.6. The lowest BCUT2D eigenvalue weighted by Gasteiger charge is -2.08. The van der Waals surface area contributed by atoms with Crippen LogP contribution in [0.4, 0.5) is 11.4 Å². The number of hydrogen-bond donors (Lipinski definition) is 4. The van der Waals surface area contributed by atoms with E-state index in [1.54, 1.807) is 0 Å². The van der Waals surface area contributed by atoms with Crippen molar-refractivity contribution < 1.29 is 25.9 Å². The summed E-state index contributed by atoms with van der Waals surface area (Å²) in [6, 6.07) is 10.6. The first-order valence-electron chi connectivity index (χ1n) is 7.59.